The molecule has 1 saturated carbocycles. The van der Waals surface area contributed by atoms with Crippen LogP contribution in [0.2, 0.25) is 0 Å². The summed E-state index contributed by atoms with van der Waals surface area (Å²) in [5, 5.41) is 0. The predicted octanol–water partition coefficient (Wildman–Crippen LogP) is 2.11. The molecule has 2 atom stereocenters. The molecule has 2 rings (SSSR count). The fourth-order valence-corrected chi connectivity index (χ4v) is 4.40. The van der Waals surface area contributed by atoms with Crippen LogP contribution in [-0.4, -0.2) is 18.1 Å². The second-order valence-electron chi connectivity index (χ2n) is 4.24. The van der Waals surface area contributed by atoms with Crippen molar-refractivity contribution in [2.75, 3.05) is 18.1 Å². The van der Waals surface area contributed by atoms with Gasteiger partial charge < -0.3 is 5.73 Å². The summed E-state index contributed by atoms with van der Waals surface area (Å²) in [6.45, 7) is 0.925. The Balaban J connectivity index is 1.92. The van der Waals surface area contributed by atoms with Gasteiger partial charge in [0.05, 0.1) is 0 Å². The van der Waals surface area contributed by atoms with Crippen LogP contribution in [0.4, 0.5) is 0 Å². The normalized spacial score (nSPS) is 37.8. The fourth-order valence-electron chi connectivity index (χ4n) is 2.76. The van der Waals surface area contributed by atoms with Gasteiger partial charge in [-0.3, -0.25) is 0 Å². The molecular formula is C10H19NS. The van der Waals surface area contributed by atoms with Crippen molar-refractivity contribution in [2.45, 2.75) is 25.7 Å². The van der Waals surface area contributed by atoms with Gasteiger partial charge in [0, 0.05) is 0 Å². The van der Waals surface area contributed by atoms with Gasteiger partial charge in [0.15, 0.2) is 0 Å². The maximum atomic E-state index is 5.78. The van der Waals surface area contributed by atoms with Crippen molar-refractivity contribution >= 4 is 11.8 Å². The number of hydrogen-bond donors (Lipinski definition) is 1. The monoisotopic (exact) mass is 185 g/mol. The molecule has 0 bridgehead atoms. The smallest absolute Gasteiger partial charge is 0.00239 e. The van der Waals surface area contributed by atoms with Gasteiger partial charge in [-0.1, -0.05) is 25.7 Å². The van der Waals surface area contributed by atoms with E-state index in [9.17, 15) is 0 Å². The van der Waals surface area contributed by atoms with Gasteiger partial charge in [0.25, 0.3) is 0 Å². The molecule has 12 heavy (non-hydrogen) atoms. The van der Waals surface area contributed by atoms with Gasteiger partial charge in [-0.25, -0.2) is 0 Å². The maximum Gasteiger partial charge on any atom is -0.00239 e. The quantitative estimate of drug-likeness (QED) is 0.713. The molecular weight excluding hydrogens is 166 g/mol. The van der Waals surface area contributed by atoms with Gasteiger partial charge in [-0.05, 0) is 35.8 Å². The molecule has 0 radical (unpaired) electrons. The molecule has 1 aliphatic carbocycles. The number of hydrogen-bond acceptors (Lipinski definition) is 2. The lowest BCUT2D eigenvalue weighted by Gasteiger charge is -2.23. The molecule has 0 aromatic heterocycles. The van der Waals surface area contributed by atoms with Crippen molar-refractivity contribution in [3.63, 3.8) is 0 Å². The summed E-state index contributed by atoms with van der Waals surface area (Å²) in [5.74, 6) is 5.58. The zero-order valence-electron chi connectivity index (χ0n) is 7.67. The SMILES string of the molecule is NCC1CSCC1C1CCCC1. The highest BCUT2D eigenvalue weighted by atomic mass is 32.2. The minimum absolute atomic E-state index is 0.845. The molecule has 0 spiro atoms. The van der Waals surface area contributed by atoms with E-state index in [2.05, 4.69) is 11.8 Å². The van der Waals surface area contributed by atoms with E-state index in [4.69, 9.17) is 5.73 Å². The molecule has 1 aliphatic heterocycles. The van der Waals surface area contributed by atoms with Gasteiger partial charge in [-0.2, -0.15) is 11.8 Å². The second kappa shape index (κ2) is 4.01. The Hall–Kier alpha value is 0.310. The molecule has 2 fully saturated rings. The molecule has 1 heterocycles. The molecule has 2 N–H and O–H groups in total. The molecule has 2 unspecified atom stereocenters. The summed E-state index contributed by atoms with van der Waals surface area (Å²) in [6, 6.07) is 0. The predicted molar refractivity (Wildman–Crippen MR) is 55.3 cm³/mol. The average molecular weight is 185 g/mol. The van der Waals surface area contributed by atoms with Crippen molar-refractivity contribution in [3.8, 4) is 0 Å². The molecule has 0 aromatic carbocycles. The van der Waals surface area contributed by atoms with E-state index in [0.29, 0.717) is 0 Å². The summed E-state index contributed by atoms with van der Waals surface area (Å²) < 4.78 is 0. The molecule has 1 saturated heterocycles. The summed E-state index contributed by atoms with van der Waals surface area (Å²) in [7, 11) is 0. The Kier molecular flexibility index (Phi) is 2.97. The third-order valence-corrected chi connectivity index (χ3v) is 4.84. The van der Waals surface area contributed by atoms with E-state index < -0.39 is 0 Å². The van der Waals surface area contributed by atoms with Crippen molar-refractivity contribution in [1.82, 2.24) is 0 Å². The summed E-state index contributed by atoms with van der Waals surface area (Å²) in [4.78, 5) is 0. The Morgan fingerprint density at radius 2 is 1.92 bits per heavy atom. The van der Waals surface area contributed by atoms with Gasteiger partial charge in [0.2, 0.25) is 0 Å². The Bertz CT molecular complexity index is 143. The van der Waals surface area contributed by atoms with E-state index in [1.165, 1.54) is 37.2 Å². The average Bonchev–Trinajstić information content (AvgIpc) is 2.74. The lowest BCUT2D eigenvalue weighted by atomic mass is 9.83. The van der Waals surface area contributed by atoms with Crippen molar-refractivity contribution < 1.29 is 0 Å². The lowest BCUT2D eigenvalue weighted by Crippen LogP contribution is -2.26. The van der Waals surface area contributed by atoms with E-state index in [1.54, 1.807) is 0 Å². The molecule has 2 heteroatoms. The number of rotatable bonds is 2. The van der Waals surface area contributed by atoms with Crippen LogP contribution in [0.1, 0.15) is 25.7 Å². The zero-order valence-corrected chi connectivity index (χ0v) is 8.48. The zero-order chi connectivity index (χ0) is 8.39. The third-order valence-electron chi connectivity index (χ3n) is 3.56. The second-order valence-corrected chi connectivity index (χ2v) is 5.32. The highest BCUT2D eigenvalue weighted by Crippen LogP contribution is 2.41. The minimum Gasteiger partial charge on any atom is -0.330 e. The van der Waals surface area contributed by atoms with Crippen LogP contribution in [0, 0.1) is 17.8 Å². The van der Waals surface area contributed by atoms with Crippen LogP contribution >= 0.6 is 11.8 Å². The van der Waals surface area contributed by atoms with Crippen molar-refractivity contribution in [3.05, 3.63) is 0 Å². The highest BCUT2D eigenvalue weighted by molar-refractivity contribution is 7.99. The molecule has 70 valence electrons. The lowest BCUT2D eigenvalue weighted by molar-refractivity contribution is 0.292. The van der Waals surface area contributed by atoms with Crippen LogP contribution in [0.3, 0.4) is 0 Å². The standard InChI is InChI=1S/C10H19NS/c11-5-9-6-12-7-10(9)8-3-1-2-4-8/h8-10H,1-7,11H2. The summed E-state index contributed by atoms with van der Waals surface area (Å²) >= 11 is 2.12. The first-order valence-corrected chi connectivity index (χ1v) is 6.35. The van der Waals surface area contributed by atoms with Crippen LogP contribution in [-0.2, 0) is 0 Å². The summed E-state index contributed by atoms with van der Waals surface area (Å²) in [6.07, 6.45) is 5.93. The van der Waals surface area contributed by atoms with Crippen LogP contribution < -0.4 is 5.73 Å². The number of nitrogens with two attached hydrogens (primary N) is 1. The topological polar surface area (TPSA) is 26.0 Å². The van der Waals surface area contributed by atoms with Crippen molar-refractivity contribution in [2.24, 2.45) is 23.5 Å². The Labute approximate surface area is 79.5 Å². The molecule has 1 nitrogen and oxygen atoms in total. The summed E-state index contributed by atoms with van der Waals surface area (Å²) in [5.41, 5.74) is 5.78. The van der Waals surface area contributed by atoms with E-state index in [0.717, 1.165) is 24.3 Å². The van der Waals surface area contributed by atoms with Crippen LogP contribution in [0.15, 0.2) is 0 Å². The Morgan fingerprint density at radius 1 is 1.17 bits per heavy atom. The highest BCUT2D eigenvalue weighted by Gasteiger charge is 2.34. The van der Waals surface area contributed by atoms with Crippen LogP contribution in [0.5, 0.6) is 0 Å². The van der Waals surface area contributed by atoms with Gasteiger partial charge in [-0.15, -0.1) is 0 Å². The van der Waals surface area contributed by atoms with E-state index in [-0.39, 0.29) is 0 Å². The van der Waals surface area contributed by atoms with Crippen LogP contribution in [0.25, 0.3) is 0 Å². The van der Waals surface area contributed by atoms with Gasteiger partial charge >= 0.3 is 0 Å². The molecule has 0 aromatic rings. The third kappa shape index (κ3) is 1.64. The van der Waals surface area contributed by atoms with Gasteiger partial charge in [0.1, 0.15) is 0 Å². The largest absolute Gasteiger partial charge is 0.330 e. The van der Waals surface area contributed by atoms with E-state index in [1.807, 2.05) is 0 Å². The molecule has 0 amide bonds. The fraction of sp³-hybridized carbons (Fsp3) is 1.00. The maximum absolute atomic E-state index is 5.78. The molecule has 2 aliphatic rings. The first kappa shape index (κ1) is 8.89. The minimum atomic E-state index is 0.845. The number of thioether (sulfide) groups is 1. The first-order chi connectivity index (χ1) is 5.92. The first-order valence-electron chi connectivity index (χ1n) is 5.19. The van der Waals surface area contributed by atoms with E-state index >= 15 is 0 Å². The van der Waals surface area contributed by atoms with Crippen molar-refractivity contribution in [1.29, 1.82) is 0 Å². The Morgan fingerprint density at radius 3 is 2.58 bits per heavy atom.